The zero-order valence-electron chi connectivity index (χ0n) is 9.21. The fraction of sp³-hybridized carbons (Fsp3) is 0.182. The largest absolute Gasteiger partial charge is 0.475 e. The molecule has 84 valence electrons. The zero-order valence-corrected chi connectivity index (χ0v) is 9.21. The number of carboxylic acids is 1. The summed E-state index contributed by atoms with van der Waals surface area (Å²) in [5, 5.41) is 15.6. The van der Waals surface area contributed by atoms with Crippen LogP contribution < -0.4 is 4.90 Å². The molecule has 0 aliphatic rings. The van der Waals surface area contributed by atoms with Crippen LogP contribution in [-0.2, 0) is 4.79 Å². The first-order valence-electron chi connectivity index (χ1n) is 4.63. The molecular formula is C11H13N3O2. The minimum atomic E-state index is -1.14. The number of nitrogens with zero attached hydrogens (tertiary/aromatic N) is 3. The number of aryl methyl sites for hydroxylation is 1. The molecule has 0 heterocycles. The van der Waals surface area contributed by atoms with Gasteiger partial charge in [0.2, 0.25) is 5.84 Å². The predicted molar refractivity (Wildman–Crippen MR) is 64.2 cm³/mol. The number of anilines is 1. The molecule has 5 nitrogen and oxygen atoms in total. The number of likely N-dealkylation sites (N-methyl/N-ethyl adjacent to an activating group) is 1. The van der Waals surface area contributed by atoms with E-state index >= 15 is 0 Å². The Labute approximate surface area is 93.7 Å². The van der Waals surface area contributed by atoms with Gasteiger partial charge >= 0.3 is 5.97 Å². The molecular weight excluding hydrogens is 206 g/mol. The van der Waals surface area contributed by atoms with Crippen molar-refractivity contribution >= 4 is 24.2 Å². The van der Waals surface area contributed by atoms with Crippen LogP contribution in [0.2, 0.25) is 0 Å². The summed E-state index contributed by atoms with van der Waals surface area (Å²) >= 11 is 0. The minimum Gasteiger partial charge on any atom is -0.475 e. The molecule has 1 aromatic rings. The number of carbonyl (C=O) groups is 1. The Morgan fingerprint density at radius 3 is 2.38 bits per heavy atom. The number of hydrogen-bond acceptors (Lipinski definition) is 3. The zero-order chi connectivity index (χ0) is 12.1. The molecule has 1 aromatic carbocycles. The third-order valence-electron chi connectivity index (χ3n) is 2.10. The molecule has 0 aliphatic carbocycles. The molecule has 0 spiro atoms. The number of aliphatic carboxylic acids is 1. The summed E-state index contributed by atoms with van der Waals surface area (Å²) < 4.78 is 0. The summed E-state index contributed by atoms with van der Waals surface area (Å²) in [6.07, 6.45) is 0. The van der Waals surface area contributed by atoms with Crippen LogP contribution in [0.25, 0.3) is 0 Å². The average Bonchev–Trinajstić information content (AvgIpc) is 2.25. The highest BCUT2D eigenvalue weighted by molar-refractivity contribution is 6.39. The van der Waals surface area contributed by atoms with Crippen LogP contribution in [0.5, 0.6) is 0 Å². The highest BCUT2D eigenvalue weighted by Crippen LogP contribution is 2.14. The van der Waals surface area contributed by atoms with Gasteiger partial charge in [0.15, 0.2) is 0 Å². The third kappa shape index (κ3) is 2.66. The molecule has 0 aliphatic heterocycles. The van der Waals surface area contributed by atoms with Gasteiger partial charge in [-0.25, -0.2) is 4.79 Å². The maximum atomic E-state index is 10.9. The maximum Gasteiger partial charge on any atom is 0.374 e. The van der Waals surface area contributed by atoms with Gasteiger partial charge in [0.05, 0.1) is 0 Å². The van der Waals surface area contributed by atoms with Gasteiger partial charge in [-0.2, -0.15) is 5.10 Å². The first-order chi connectivity index (χ1) is 7.56. The summed E-state index contributed by atoms with van der Waals surface area (Å²) in [4.78, 5) is 12.4. The van der Waals surface area contributed by atoms with E-state index in [-0.39, 0.29) is 5.84 Å². The molecule has 0 atom stereocenters. The number of benzene rings is 1. The smallest absolute Gasteiger partial charge is 0.374 e. The highest BCUT2D eigenvalue weighted by Gasteiger charge is 2.16. The molecule has 0 aromatic heterocycles. The molecule has 16 heavy (non-hydrogen) atoms. The van der Waals surface area contributed by atoms with E-state index in [2.05, 4.69) is 16.9 Å². The SMILES string of the molecule is C=N/N=C(/C(=O)O)N(C)c1ccc(C)cc1. The lowest BCUT2D eigenvalue weighted by Gasteiger charge is -2.17. The molecule has 1 rings (SSSR count). The lowest BCUT2D eigenvalue weighted by atomic mass is 10.2. The van der Waals surface area contributed by atoms with E-state index in [0.29, 0.717) is 0 Å². The molecule has 0 fully saturated rings. The lowest BCUT2D eigenvalue weighted by Crippen LogP contribution is -2.33. The van der Waals surface area contributed by atoms with Gasteiger partial charge < -0.3 is 10.0 Å². The van der Waals surface area contributed by atoms with Gasteiger partial charge in [-0.15, -0.1) is 5.10 Å². The molecule has 0 radical (unpaired) electrons. The van der Waals surface area contributed by atoms with Crippen LogP contribution in [0, 0.1) is 6.92 Å². The van der Waals surface area contributed by atoms with Crippen LogP contribution in [0.15, 0.2) is 34.5 Å². The second-order valence-corrected chi connectivity index (χ2v) is 3.26. The van der Waals surface area contributed by atoms with Gasteiger partial charge in [0, 0.05) is 19.5 Å². The van der Waals surface area contributed by atoms with Crippen LogP contribution in [-0.4, -0.2) is 30.7 Å². The fourth-order valence-corrected chi connectivity index (χ4v) is 1.21. The lowest BCUT2D eigenvalue weighted by molar-refractivity contribution is -0.129. The van der Waals surface area contributed by atoms with Gasteiger partial charge in [0.1, 0.15) is 0 Å². The molecule has 0 unspecified atom stereocenters. The van der Waals surface area contributed by atoms with Crippen molar-refractivity contribution in [2.75, 3.05) is 11.9 Å². The van der Waals surface area contributed by atoms with Gasteiger partial charge in [-0.3, -0.25) is 0 Å². The highest BCUT2D eigenvalue weighted by atomic mass is 16.4. The molecule has 5 heteroatoms. The number of amidine groups is 1. The van der Waals surface area contributed by atoms with Gasteiger partial charge in [-0.05, 0) is 19.1 Å². The number of rotatable bonds is 2. The predicted octanol–water partition coefficient (Wildman–Crippen LogP) is 1.53. The van der Waals surface area contributed by atoms with Crippen LogP contribution >= 0.6 is 0 Å². The Hall–Kier alpha value is -2.17. The van der Waals surface area contributed by atoms with E-state index in [0.717, 1.165) is 11.3 Å². The fourth-order valence-electron chi connectivity index (χ4n) is 1.21. The molecule has 1 N–H and O–H groups in total. The standard InChI is InChI=1S/C11H13N3O2/c1-8-4-6-9(7-5-8)14(3)10(11(15)16)13-12-2/h4-7H,2H2,1,3H3,(H,15,16)/b13-10-. The number of carboxylic acid groups (broad SMARTS) is 1. The van der Waals surface area contributed by atoms with Crippen LogP contribution in [0.4, 0.5) is 5.69 Å². The van der Waals surface area contributed by atoms with E-state index in [1.165, 1.54) is 4.90 Å². The molecule has 0 saturated heterocycles. The molecule has 0 saturated carbocycles. The summed E-state index contributed by atoms with van der Waals surface area (Å²) in [5.74, 6) is -1.31. The quantitative estimate of drug-likeness (QED) is 0.466. The first kappa shape index (κ1) is 11.9. The van der Waals surface area contributed by atoms with Crippen molar-refractivity contribution in [2.45, 2.75) is 6.92 Å². The van der Waals surface area contributed by atoms with Crippen molar-refractivity contribution in [1.82, 2.24) is 0 Å². The van der Waals surface area contributed by atoms with E-state index in [1.54, 1.807) is 7.05 Å². The van der Waals surface area contributed by atoms with Gasteiger partial charge in [0.25, 0.3) is 0 Å². The number of hydrogen-bond donors (Lipinski definition) is 1. The topological polar surface area (TPSA) is 65.3 Å². The van der Waals surface area contributed by atoms with Gasteiger partial charge in [-0.1, -0.05) is 17.7 Å². The maximum absolute atomic E-state index is 10.9. The monoisotopic (exact) mass is 219 g/mol. The summed E-state index contributed by atoms with van der Waals surface area (Å²) in [5.41, 5.74) is 1.84. The van der Waals surface area contributed by atoms with Crippen LogP contribution in [0.3, 0.4) is 0 Å². The van der Waals surface area contributed by atoms with Crippen molar-refractivity contribution in [2.24, 2.45) is 10.2 Å². The van der Waals surface area contributed by atoms with Crippen molar-refractivity contribution in [3.8, 4) is 0 Å². The Kier molecular flexibility index (Phi) is 3.77. The Morgan fingerprint density at radius 1 is 1.38 bits per heavy atom. The van der Waals surface area contributed by atoms with Crippen LogP contribution in [0.1, 0.15) is 5.56 Å². The van der Waals surface area contributed by atoms with E-state index in [4.69, 9.17) is 5.11 Å². The first-order valence-corrected chi connectivity index (χ1v) is 4.63. The Morgan fingerprint density at radius 2 is 1.94 bits per heavy atom. The summed E-state index contributed by atoms with van der Waals surface area (Å²) in [6.45, 7) is 5.11. The van der Waals surface area contributed by atoms with Crippen molar-refractivity contribution < 1.29 is 9.90 Å². The van der Waals surface area contributed by atoms with Crippen molar-refractivity contribution in [3.63, 3.8) is 0 Å². The Balaban J connectivity index is 3.04. The van der Waals surface area contributed by atoms with E-state index in [1.807, 2.05) is 31.2 Å². The third-order valence-corrected chi connectivity index (χ3v) is 2.10. The van der Waals surface area contributed by atoms with E-state index in [9.17, 15) is 4.79 Å². The summed E-state index contributed by atoms with van der Waals surface area (Å²) in [6, 6.07) is 7.42. The molecule has 0 amide bonds. The Bertz CT molecular complexity index is 423. The molecule has 0 bridgehead atoms. The normalized spacial score (nSPS) is 11.0. The van der Waals surface area contributed by atoms with E-state index < -0.39 is 5.97 Å². The minimum absolute atomic E-state index is 0.168. The second kappa shape index (κ2) is 5.06. The van der Waals surface area contributed by atoms with Crippen molar-refractivity contribution in [3.05, 3.63) is 29.8 Å². The average molecular weight is 219 g/mol. The summed E-state index contributed by atoms with van der Waals surface area (Å²) in [7, 11) is 1.61. The second-order valence-electron chi connectivity index (χ2n) is 3.26. The van der Waals surface area contributed by atoms with Crippen molar-refractivity contribution in [1.29, 1.82) is 0 Å².